The van der Waals surface area contributed by atoms with Gasteiger partial charge in [-0.3, -0.25) is 0 Å². The van der Waals surface area contributed by atoms with E-state index < -0.39 is 303 Å². The van der Waals surface area contributed by atoms with Crippen molar-refractivity contribution in [3.8, 4) is 44.5 Å². The van der Waals surface area contributed by atoms with Gasteiger partial charge in [-0.2, -0.15) is 0 Å². The lowest BCUT2D eigenvalue weighted by Gasteiger charge is -2.22. The first-order chi connectivity index (χ1) is 39.6. The fraction of sp³-hybridized carbons (Fsp3) is 0. The molecule has 1 heteroatoms. The van der Waals surface area contributed by atoms with Crippen LogP contribution < -0.4 is 0 Å². The standard InChI is InChI=1S/C52H32O/c1-2-14-35(15-3-1)44-31-47-48(32-45(44)39-25-12-18-33-16-4-6-20-37(33)39)52(41-26-13-19-34-17-5-7-21-38(34)41)43-24-9-8-23-42(43)51(47)36-28-29-50-46(30-36)40-22-10-11-27-49(40)53-50/h1-32H/i1D,2D,3D,4D,5D,6D,7D,8D,9D,10D,11D,12D,13D,14D,15D,16D,17D,18D,19D,20D,21D,22D,23D,24D,25D,26D,27D,28D,29D,30D,31D,32D. The molecule has 0 saturated heterocycles. The van der Waals surface area contributed by atoms with E-state index in [1.807, 2.05) is 0 Å². The van der Waals surface area contributed by atoms with Gasteiger partial charge in [0.05, 0.1) is 43.9 Å². The first-order valence-electron chi connectivity index (χ1n) is 31.7. The third-order valence-electron chi connectivity index (χ3n) is 8.70. The molecular formula is C52H32O. The van der Waals surface area contributed by atoms with E-state index in [2.05, 4.69) is 0 Å². The molecule has 0 atom stereocenters. The summed E-state index contributed by atoms with van der Waals surface area (Å²) < 4.78 is 301. The normalized spacial score (nSPS) is 20.2. The summed E-state index contributed by atoms with van der Waals surface area (Å²) in [7, 11) is 0. The molecule has 0 aliphatic heterocycles. The van der Waals surface area contributed by atoms with Crippen molar-refractivity contribution in [3.63, 3.8) is 0 Å². The average Bonchev–Trinajstić information content (AvgIpc) is 0.931. The topological polar surface area (TPSA) is 13.1 Å². The molecule has 0 aliphatic carbocycles. The molecule has 0 fully saturated rings. The Morgan fingerprint density at radius 2 is 0.811 bits per heavy atom. The molecule has 1 nitrogen and oxygen atoms in total. The van der Waals surface area contributed by atoms with Gasteiger partial charge in [0.15, 0.2) is 0 Å². The van der Waals surface area contributed by atoms with Gasteiger partial charge in [0.25, 0.3) is 0 Å². The van der Waals surface area contributed by atoms with E-state index in [0.717, 1.165) is 0 Å². The summed E-state index contributed by atoms with van der Waals surface area (Å²) in [6, 6.07) is -33.6. The molecule has 0 unspecified atom stereocenters. The lowest BCUT2D eigenvalue weighted by Crippen LogP contribution is -1.95. The van der Waals surface area contributed by atoms with Crippen molar-refractivity contribution in [3.05, 3.63) is 193 Å². The third kappa shape index (κ3) is 4.64. The summed E-state index contributed by atoms with van der Waals surface area (Å²) in [6.07, 6.45) is 0. The Kier molecular flexibility index (Phi) is 2.68. The lowest BCUT2D eigenvalue weighted by atomic mass is 9.81. The number of furan rings is 1. The summed E-state index contributed by atoms with van der Waals surface area (Å²) in [6.45, 7) is 0. The molecule has 0 N–H and O–H groups in total. The molecular weight excluding hydrogens is 641 g/mol. The van der Waals surface area contributed by atoms with Gasteiger partial charge in [-0.15, -0.1) is 0 Å². The maximum atomic E-state index is 10.8. The second-order valence-electron chi connectivity index (χ2n) is 11.5. The molecule has 0 radical (unpaired) electrons. The largest absolute Gasteiger partial charge is 0.456 e. The van der Waals surface area contributed by atoms with Gasteiger partial charge in [-0.1, -0.05) is 163 Å². The van der Waals surface area contributed by atoms with Gasteiger partial charge in [0.1, 0.15) is 11.2 Å². The van der Waals surface area contributed by atoms with E-state index in [1.54, 1.807) is 0 Å². The summed E-state index contributed by atoms with van der Waals surface area (Å²) in [5.74, 6) is 0. The predicted molar refractivity (Wildman–Crippen MR) is 225 cm³/mol. The van der Waals surface area contributed by atoms with Crippen LogP contribution in [0.2, 0.25) is 0 Å². The SMILES string of the molecule is [2H]c1c([2H])c([2H])c(-c2c(-c3c([2H])c([2H])c([2H])c4c([2H])c([2H])c([2H])c([2H])c34)c([2H])c3c(-c4c([2H])c([2H])c([2H])c5c([2H])c([2H])c([2H])c([2H])c45)c4c([2H])c([2H])c([2H])c([2H])c4c(-c4c([2H])c([2H])c5oc6c([2H])c([2H])c([2H])c([2H])c6c5c4[2H])c3c2[2H])c([2H])c1[2H]. The molecule has 11 rings (SSSR count). The van der Waals surface area contributed by atoms with Crippen LogP contribution in [-0.4, -0.2) is 0 Å². The lowest BCUT2D eigenvalue weighted by molar-refractivity contribution is 0.669. The number of para-hydroxylation sites is 1. The number of rotatable bonds is 4. The summed E-state index contributed by atoms with van der Waals surface area (Å²) >= 11 is 0. The first kappa shape index (κ1) is 12.0. The Labute approximate surface area is 352 Å². The highest BCUT2D eigenvalue weighted by Crippen LogP contribution is 2.49. The Balaban J connectivity index is 1.62. The molecule has 0 spiro atoms. The first-order valence-corrected chi connectivity index (χ1v) is 15.7. The van der Waals surface area contributed by atoms with E-state index in [1.165, 1.54) is 0 Å². The number of hydrogen-bond donors (Lipinski definition) is 0. The smallest absolute Gasteiger partial charge is 0.135 e. The van der Waals surface area contributed by atoms with E-state index in [-0.39, 0.29) is 0 Å². The van der Waals surface area contributed by atoms with Crippen molar-refractivity contribution in [1.82, 2.24) is 0 Å². The maximum Gasteiger partial charge on any atom is 0.135 e. The van der Waals surface area contributed by atoms with Crippen LogP contribution in [-0.2, 0) is 0 Å². The van der Waals surface area contributed by atoms with Crippen LogP contribution in [0.4, 0.5) is 0 Å². The van der Waals surface area contributed by atoms with E-state index in [4.69, 9.17) is 29.1 Å². The summed E-state index contributed by atoms with van der Waals surface area (Å²) in [5, 5.41) is -8.18. The van der Waals surface area contributed by atoms with Gasteiger partial charge in [-0.05, 0) is 118 Å². The van der Waals surface area contributed by atoms with Gasteiger partial charge >= 0.3 is 0 Å². The zero-order valence-electron chi connectivity index (χ0n) is 58.4. The van der Waals surface area contributed by atoms with Crippen LogP contribution in [0.25, 0.3) is 110 Å². The molecule has 11 aromatic rings. The van der Waals surface area contributed by atoms with Gasteiger partial charge in [0.2, 0.25) is 0 Å². The molecule has 1 aromatic heterocycles. The minimum absolute atomic E-state index is 0.552. The van der Waals surface area contributed by atoms with Crippen molar-refractivity contribution in [2.75, 3.05) is 0 Å². The Morgan fingerprint density at radius 1 is 0.283 bits per heavy atom. The van der Waals surface area contributed by atoms with E-state index >= 15 is 0 Å². The van der Waals surface area contributed by atoms with Crippen LogP contribution in [0.5, 0.6) is 0 Å². The monoisotopic (exact) mass is 704 g/mol. The zero-order chi connectivity index (χ0) is 62.7. The van der Waals surface area contributed by atoms with Crippen molar-refractivity contribution < 1.29 is 48.3 Å². The Hall–Kier alpha value is -6.96. The number of benzene rings is 10. The minimum atomic E-state index is -1.28. The summed E-state index contributed by atoms with van der Waals surface area (Å²) in [5.41, 5.74) is -9.15. The van der Waals surface area contributed by atoms with Crippen molar-refractivity contribution in [2.45, 2.75) is 0 Å². The predicted octanol–water partition coefficient (Wildman–Crippen LogP) is 14.9. The van der Waals surface area contributed by atoms with Crippen LogP contribution in [0, 0.1) is 0 Å². The number of hydrogen-bond acceptors (Lipinski definition) is 1. The molecule has 10 aromatic carbocycles. The van der Waals surface area contributed by atoms with Gasteiger partial charge in [-0.25, -0.2) is 0 Å². The maximum absolute atomic E-state index is 10.8. The van der Waals surface area contributed by atoms with E-state index in [9.17, 15) is 19.2 Å². The van der Waals surface area contributed by atoms with Crippen LogP contribution in [0.3, 0.4) is 0 Å². The highest BCUT2D eigenvalue weighted by atomic mass is 16.3. The quantitative estimate of drug-likeness (QED) is 0.166. The molecule has 0 amide bonds. The Bertz CT molecular complexity index is 5040. The molecule has 246 valence electrons. The second-order valence-corrected chi connectivity index (χ2v) is 11.5. The highest BCUT2D eigenvalue weighted by molar-refractivity contribution is 6.25. The fourth-order valence-corrected chi connectivity index (χ4v) is 6.49. The molecule has 0 aliphatic rings. The Morgan fingerprint density at radius 3 is 1.57 bits per heavy atom. The molecule has 0 bridgehead atoms. The zero-order valence-corrected chi connectivity index (χ0v) is 26.4. The molecule has 53 heavy (non-hydrogen) atoms. The highest BCUT2D eigenvalue weighted by Gasteiger charge is 2.22. The van der Waals surface area contributed by atoms with Crippen LogP contribution in [0.15, 0.2) is 198 Å². The van der Waals surface area contributed by atoms with Crippen LogP contribution in [0.1, 0.15) is 43.9 Å². The van der Waals surface area contributed by atoms with Crippen molar-refractivity contribution >= 4 is 65.0 Å². The molecule has 1 heterocycles. The molecule has 0 saturated carbocycles. The van der Waals surface area contributed by atoms with Crippen LogP contribution >= 0.6 is 0 Å². The van der Waals surface area contributed by atoms with Gasteiger partial charge < -0.3 is 4.42 Å². The third-order valence-corrected chi connectivity index (χ3v) is 8.70. The van der Waals surface area contributed by atoms with Gasteiger partial charge in [0, 0.05) is 10.8 Å². The number of fused-ring (bicyclic) bond motifs is 7. The fourth-order valence-electron chi connectivity index (χ4n) is 6.49. The van der Waals surface area contributed by atoms with Crippen molar-refractivity contribution in [1.29, 1.82) is 0 Å². The summed E-state index contributed by atoms with van der Waals surface area (Å²) in [4.78, 5) is 0. The van der Waals surface area contributed by atoms with Crippen molar-refractivity contribution in [2.24, 2.45) is 0 Å². The second kappa shape index (κ2) is 11.8. The minimum Gasteiger partial charge on any atom is -0.456 e. The van der Waals surface area contributed by atoms with E-state index in [0.29, 0.717) is 0 Å². The average molecular weight is 705 g/mol.